The van der Waals surface area contributed by atoms with E-state index in [4.69, 9.17) is 0 Å². The van der Waals surface area contributed by atoms with Crippen LogP contribution in [-0.4, -0.2) is 19.6 Å². The highest BCUT2D eigenvalue weighted by Crippen LogP contribution is 2.33. The van der Waals surface area contributed by atoms with E-state index in [0.29, 0.717) is 0 Å². The molecule has 2 N–H and O–H groups in total. The maximum atomic E-state index is 3.49. The van der Waals surface area contributed by atoms with Crippen LogP contribution in [0.4, 0.5) is 0 Å². The molecule has 0 saturated heterocycles. The second-order valence-electron chi connectivity index (χ2n) is 5.00. The van der Waals surface area contributed by atoms with Crippen LogP contribution in [0.1, 0.15) is 31.2 Å². The molecule has 1 saturated carbocycles. The van der Waals surface area contributed by atoms with Gasteiger partial charge in [-0.1, -0.05) is 43.2 Å². The van der Waals surface area contributed by atoms with Crippen LogP contribution in [0.3, 0.4) is 0 Å². The molecule has 1 aliphatic carbocycles. The molecule has 94 valence electrons. The average molecular weight is 232 g/mol. The quantitative estimate of drug-likeness (QED) is 0.639. The summed E-state index contributed by atoms with van der Waals surface area (Å²) >= 11 is 0. The van der Waals surface area contributed by atoms with E-state index < -0.39 is 0 Å². The molecule has 0 radical (unpaired) electrons. The Morgan fingerprint density at radius 1 is 0.941 bits per heavy atom. The molecule has 1 aromatic carbocycles. The smallest absolute Gasteiger partial charge is 0.0206 e. The molecular weight excluding hydrogens is 208 g/mol. The molecule has 0 amide bonds. The molecule has 2 rings (SSSR count). The lowest BCUT2D eigenvalue weighted by atomic mass is 10.2. The molecule has 0 aromatic heterocycles. The van der Waals surface area contributed by atoms with Crippen molar-refractivity contribution in [2.45, 2.75) is 32.2 Å². The Morgan fingerprint density at radius 3 is 2.47 bits per heavy atom. The molecule has 0 heterocycles. The molecule has 0 bridgehead atoms. The van der Waals surface area contributed by atoms with Crippen LogP contribution in [0.15, 0.2) is 30.3 Å². The SMILES string of the molecule is c1ccc(CNCCNCCCC2CC2)cc1. The number of hydrogen-bond donors (Lipinski definition) is 2. The Kier molecular flexibility index (Phi) is 5.53. The van der Waals surface area contributed by atoms with Gasteiger partial charge in [0.05, 0.1) is 0 Å². The van der Waals surface area contributed by atoms with Crippen LogP contribution in [-0.2, 0) is 6.54 Å². The largest absolute Gasteiger partial charge is 0.315 e. The molecule has 1 aliphatic rings. The van der Waals surface area contributed by atoms with Crippen molar-refractivity contribution in [3.8, 4) is 0 Å². The minimum atomic E-state index is 0.977. The van der Waals surface area contributed by atoms with E-state index in [1.807, 2.05) is 0 Å². The van der Waals surface area contributed by atoms with E-state index in [1.165, 1.54) is 37.8 Å². The maximum Gasteiger partial charge on any atom is 0.0206 e. The van der Waals surface area contributed by atoms with Crippen molar-refractivity contribution >= 4 is 0 Å². The van der Waals surface area contributed by atoms with Crippen molar-refractivity contribution in [1.29, 1.82) is 0 Å². The van der Waals surface area contributed by atoms with Crippen LogP contribution in [0.25, 0.3) is 0 Å². The van der Waals surface area contributed by atoms with Crippen molar-refractivity contribution in [3.63, 3.8) is 0 Å². The maximum absolute atomic E-state index is 3.49. The summed E-state index contributed by atoms with van der Waals surface area (Å²) in [5.41, 5.74) is 1.36. The van der Waals surface area contributed by atoms with Gasteiger partial charge in [-0.25, -0.2) is 0 Å². The standard InChI is InChI=1S/C15H24N2/c1-2-5-15(6-3-1)13-17-12-11-16-10-4-7-14-8-9-14/h1-3,5-6,14,16-17H,4,7-13H2. The second kappa shape index (κ2) is 7.46. The van der Waals surface area contributed by atoms with Gasteiger partial charge in [-0.2, -0.15) is 0 Å². The first-order valence-corrected chi connectivity index (χ1v) is 6.90. The molecule has 1 aromatic rings. The van der Waals surface area contributed by atoms with Gasteiger partial charge in [0, 0.05) is 19.6 Å². The average Bonchev–Trinajstić information content (AvgIpc) is 3.18. The lowest BCUT2D eigenvalue weighted by molar-refractivity contribution is 0.569. The molecule has 0 aliphatic heterocycles. The number of rotatable bonds is 9. The molecule has 17 heavy (non-hydrogen) atoms. The van der Waals surface area contributed by atoms with Gasteiger partial charge < -0.3 is 10.6 Å². The lowest BCUT2D eigenvalue weighted by Gasteiger charge is -2.06. The fraction of sp³-hybridized carbons (Fsp3) is 0.600. The topological polar surface area (TPSA) is 24.1 Å². The summed E-state index contributed by atoms with van der Waals surface area (Å²) < 4.78 is 0. The Hall–Kier alpha value is -0.860. The van der Waals surface area contributed by atoms with Crippen molar-refractivity contribution < 1.29 is 0 Å². The van der Waals surface area contributed by atoms with Gasteiger partial charge in [0.1, 0.15) is 0 Å². The summed E-state index contributed by atoms with van der Waals surface area (Å²) in [6, 6.07) is 10.6. The number of hydrogen-bond acceptors (Lipinski definition) is 2. The second-order valence-corrected chi connectivity index (χ2v) is 5.00. The minimum Gasteiger partial charge on any atom is -0.315 e. The Bertz CT molecular complexity index is 293. The van der Waals surface area contributed by atoms with Gasteiger partial charge >= 0.3 is 0 Å². The van der Waals surface area contributed by atoms with Gasteiger partial charge in [-0.3, -0.25) is 0 Å². The van der Waals surface area contributed by atoms with E-state index in [0.717, 1.165) is 25.6 Å². The number of benzene rings is 1. The monoisotopic (exact) mass is 232 g/mol. The van der Waals surface area contributed by atoms with E-state index in [9.17, 15) is 0 Å². The Balaban J connectivity index is 1.38. The first-order valence-electron chi connectivity index (χ1n) is 6.90. The summed E-state index contributed by atoms with van der Waals surface area (Å²) in [6.45, 7) is 4.30. The molecule has 1 fully saturated rings. The zero-order chi connectivity index (χ0) is 11.8. The summed E-state index contributed by atoms with van der Waals surface area (Å²) in [4.78, 5) is 0. The summed E-state index contributed by atoms with van der Waals surface area (Å²) in [5, 5.41) is 6.94. The normalized spacial score (nSPS) is 15.1. The third kappa shape index (κ3) is 5.85. The highest BCUT2D eigenvalue weighted by atomic mass is 14.9. The van der Waals surface area contributed by atoms with Crippen molar-refractivity contribution in [2.24, 2.45) is 5.92 Å². The first-order chi connectivity index (χ1) is 8.45. The molecule has 0 unspecified atom stereocenters. The summed E-state index contributed by atoms with van der Waals surface area (Å²) in [6.07, 6.45) is 5.76. The third-order valence-corrected chi connectivity index (χ3v) is 3.31. The lowest BCUT2D eigenvalue weighted by Crippen LogP contribution is -2.27. The fourth-order valence-electron chi connectivity index (χ4n) is 2.05. The predicted octanol–water partition coefficient (Wildman–Crippen LogP) is 2.56. The molecule has 2 nitrogen and oxygen atoms in total. The zero-order valence-electron chi connectivity index (χ0n) is 10.6. The molecule has 2 heteroatoms. The molecule has 0 atom stereocenters. The van der Waals surface area contributed by atoms with E-state index >= 15 is 0 Å². The van der Waals surface area contributed by atoms with Gasteiger partial charge in [0.25, 0.3) is 0 Å². The van der Waals surface area contributed by atoms with Gasteiger partial charge in [0.15, 0.2) is 0 Å². The Labute approximate surface area is 105 Å². The highest BCUT2D eigenvalue weighted by molar-refractivity contribution is 5.14. The van der Waals surface area contributed by atoms with Crippen LogP contribution < -0.4 is 10.6 Å². The van der Waals surface area contributed by atoms with Crippen LogP contribution in [0.2, 0.25) is 0 Å². The van der Waals surface area contributed by atoms with Crippen molar-refractivity contribution in [3.05, 3.63) is 35.9 Å². The fourth-order valence-corrected chi connectivity index (χ4v) is 2.05. The van der Waals surface area contributed by atoms with Gasteiger partial charge in [0.2, 0.25) is 0 Å². The van der Waals surface area contributed by atoms with E-state index in [2.05, 4.69) is 41.0 Å². The molecular formula is C15H24N2. The number of nitrogens with one attached hydrogen (secondary N) is 2. The summed E-state index contributed by atoms with van der Waals surface area (Å²) in [5.74, 6) is 1.08. The summed E-state index contributed by atoms with van der Waals surface area (Å²) in [7, 11) is 0. The van der Waals surface area contributed by atoms with Gasteiger partial charge in [-0.15, -0.1) is 0 Å². The Morgan fingerprint density at radius 2 is 1.71 bits per heavy atom. The van der Waals surface area contributed by atoms with Crippen LogP contribution >= 0.6 is 0 Å². The zero-order valence-corrected chi connectivity index (χ0v) is 10.6. The van der Waals surface area contributed by atoms with Crippen LogP contribution in [0.5, 0.6) is 0 Å². The third-order valence-electron chi connectivity index (χ3n) is 3.31. The van der Waals surface area contributed by atoms with E-state index in [-0.39, 0.29) is 0 Å². The van der Waals surface area contributed by atoms with E-state index in [1.54, 1.807) is 0 Å². The van der Waals surface area contributed by atoms with Crippen LogP contribution in [0, 0.1) is 5.92 Å². The first kappa shape index (κ1) is 12.6. The highest BCUT2D eigenvalue weighted by Gasteiger charge is 2.19. The van der Waals surface area contributed by atoms with Crippen molar-refractivity contribution in [2.75, 3.05) is 19.6 Å². The minimum absolute atomic E-state index is 0.977. The predicted molar refractivity (Wildman–Crippen MR) is 73.0 cm³/mol. The molecule has 0 spiro atoms. The van der Waals surface area contributed by atoms with Gasteiger partial charge in [-0.05, 0) is 30.9 Å². The van der Waals surface area contributed by atoms with Crippen molar-refractivity contribution in [1.82, 2.24) is 10.6 Å².